The smallest absolute Gasteiger partial charge is 0.311 e. The van der Waals surface area contributed by atoms with Crippen LogP contribution in [0.4, 0.5) is 11.4 Å². The summed E-state index contributed by atoms with van der Waals surface area (Å²) in [6, 6.07) is 0. The van der Waals surface area contributed by atoms with Crippen LogP contribution in [0.5, 0.6) is 0 Å². The lowest BCUT2D eigenvalue weighted by molar-refractivity contribution is -0.384. The second-order valence-electron chi connectivity index (χ2n) is 4.05. The van der Waals surface area contributed by atoms with Gasteiger partial charge in [0.1, 0.15) is 11.9 Å². The zero-order valence-corrected chi connectivity index (χ0v) is 12.4. The fourth-order valence-corrected chi connectivity index (χ4v) is 2.33. The van der Waals surface area contributed by atoms with Gasteiger partial charge in [-0.25, -0.2) is 0 Å². The summed E-state index contributed by atoms with van der Waals surface area (Å²) < 4.78 is 5.13. The minimum absolute atomic E-state index is 0.117. The van der Waals surface area contributed by atoms with E-state index in [0.29, 0.717) is 16.7 Å². The van der Waals surface area contributed by atoms with E-state index in [-0.39, 0.29) is 11.7 Å². The van der Waals surface area contributed by atoms with E-state index < -0.39 is 10.8 Å². The average Bonchev–Trinajstić information content (AvgIpc) is 2.36. The molecule has 0 N–H and O–H groups in total. The maximum atomic E-state index is 11.4. The molecule has 0 aliphatic carbocycles. The minimum atomic E-state index is -0.508. The molecule has 1 aromatic heterocycles. The van der Waals surface area contributed by atoms with Gasteiger partial charge < -0.3 is 9.64 Å². The molecule has 0 spiro atoms. The molecule has 1 heterocycles. The lowest BCUT2D eigenvalue weighted by Crippen LogP contribution is -2.30. The van der Waals surface area contributed by atoms with Gasteiger partial charge in [0.2, 0.25) is 0 Å². The van der Waals surface area contributed by atoms with Crippen LogP contribution in [0.15, 0.2) is 16.9 Å². The van der Waals surface area contributed by atoms with Crippen molar-refractivity contribution in [2.24, 2.45) is 5.92 Å². The number of hydrogen-bond acceptors (Lipinski definition) is 6. The number of nitrogens with zero attached hydrogens (tertiary/aromatic N) is 3. The van der Waals surface area contributed by atoms with Crippen LogP contribution in [0.2, 0.25) is 0 Å². The maximum absolute atomic E-state index is 11.4. The number of anilines is 1. The van der Waals surface area contributed by atoms with Crippen LogP contribution < -0.4 is 4.90 Å². The van der Waals surface area contributed by atoms with Gasteiger partial charge in [0.05, 0.1) is 22.4 Å². The quantitative estimate of drug-likeness (QED) is 0.466. The fraction of sp³-hybridized carbons (Fsp3) is 0.455. The van der Waals surface area contributed by atoms with Crippen LogP contribution in [0.3, 0.4) is 0 Å². The summed E-state index contributed by atoms with van der Waals surface area (Å²) in [5, 5.41) is 11.0. The van der Waals surface area contributed by atoms with Crippen LogP contribution in [-0.4, -0.2) is 36.6 Å². The second-order valence-corrected chi connectivity index (χ2v) is 4.91. The Morgan fingerprint density at radius 3 is 2.79 bits per heavy atom. The summed E-state index contributed by atoms with van der Waals surface area (Å²) in [5.41, 5.74) is 0.268. The van der Waals surface area contributed by atoms with Crippen LogP contribution in [-0.2, 0) is 9.53 Å². The zero-order valence-electron chi connectivity index (χ0n) is 10.8. The number of carbonyl (C=O) groups excluding carboxylic acids is 1. The number of halogens is 1. The average molecular weight is 332 g/mol. The Hall–Kier alpha value is -1.70. The summed E-state index contributed by atoms with van der Waals surface area (Å²) in [5.74, 6) is -0.755. The van der Waals surface area contributed by atoms with Gasteiger partial charge in [0.15, 0.2) is 0 Å². The Balaban J connectivity index is 3.02. The Labute approximate surface area is 118 Å². The third-order valence-electron chi connectivity index (χ3n) is 2.58. The molecule has 0 radical (unpaired) electrons. The molecule has 0 amide bonds. The third-order valence-corrected chi connectivity index (χ3v) is 3.16. The predicted molar refractivity (Wildman–Crippen MR) is 73.0 cm³/mol. The molecular formula is C11H14BrN3O4. The number of nitro groups is 1. The topological polar surface area (TPSA) is 85.6 Å². The highest BCUT2D eigenvalue weighted by Gasteiger charge is 2.24. The monoisotopic (exact) mass is 331 g/mol. The van der Waals surface area contributed by atoms with Crippen LogP contribution >= 0.6 is 15.9 Å². The first-order chi connectivity index (χ1) is 8.88. The van der Waals surface area contributed by atoms with Gasteiger partial charge in [-0.2, -0.15) is 0 Å². The second kappa shape index (κ2) is 6.46. The van der Waals surface area contributed by atoms with Gasteiger partial charge in [-0.05, 0) is 15.9 Å². The number of ether oxygens (including phenoxy) is 1. The van der Waals surface area contributed by atoms with E-state index in [1.807, 2.05) is 0 Å². The molecule has 0 saturated heterocycles. The standard InChI is InChI=1S/C11H14BrN3O4/c1-7(11(16)19-3)6-14(2)10-8(12)4-13-5-9(10)15(17)18/h4-5,7H,6H2,1-3H3. The Kier molecular flexibility index (Phi) is 5.22. The van der Waals surface area contributed by atoms with Crippen molar-refractivity contribution in [2.75, 3.05) is 25.6 Å². The molecule has 1 unspecified atom stereocenters. The molecule has 1 atom stereocenters. The number of carbonyl (C=O) groups is 1. The normalized spacial score (nSPS) is 11.8. The molecule has 0 saturated carbocycles. The zero-order chi connectivity index (χ0) is 14.6. The van der Waals surface area contributed by atoms with E-state index in [1.165, 1.54) is 19.5 Å². The minimum Gasteiger partial charge on any atom is -0.469 e. The van der Waals surface area contributed by atoms with Gasteiger partial charge in [-0.1, -0.05) is 6.92 Å². The lowest BCUT2D eigenvalue weighted by atomic mass is 10.1. The Bertz CT molecular complexity index is 495. The lowest BCUT2D eigenvalue weighted by Gasteiger charge is -2.22. The van der Waals surface area contributed by atoms with Crippen molar-refractivity contribution in [3.05, 3.63) is 27.0 Å². The summed E-state index contributed by atoms with van der Waals surface area (Å²) in [7, 11) is 2.98. The number of pyridine rings is 1. The summed E-state index contributed by atoms with van der Waals surface area (Å²) in [6.07, 6.45) is 2.65. The van der Waals surface area contributed by atoms with Crippen molar-refractivity contribution in [3.63, 3.8) is 0 Å². The van der Waals surface area contributed by atoms with Gasteiger partial charge in [0, 0.05) is 19.8 Å². The van der Waals surface area contributed by atoms with Crippen molar-refractivity contribution in [1.29, 1.82) is 0 Å². The van der Waals surface area contributed by atoms with Gasteiger partial charge in [0.25, 0.3) is 0 Å². The number of esters is 1. The van der Waals surface area contributed by atoms with E-state index in [1.54, 1.807) is 18.9 Å². The molecule has 19 heavy (non-hydrogen) atoms. The molecule has 7 nitrogen and oxygen atoms in total. The van der Waals surface area contributed by atoms with Crippen LogP contribution in [0, 0.1) is 16.0 Å². The van der Waals surface area contributed by atoms with Crippen molar-refractivity contribution >= 4 is 33.3 Å². The molecule has 104 valence electrons. The first-order valence-corrected chi connectivity index (χ1v) is 6.24. The van der Waals surface area contributed by atoms with Gasteiger partial charge in [-0.3, -0.25) is 19.9 Å². The van der Waals surface area contributed by atoms with E-state index in [2.05, 4.69) is 25.7 Å². The molecular weight excluding hydrogens is 318 g/mol. The molecule has 0 aliphatic heterocycles. The summed E-state index contributed by atoms with van der Waals surface area (Å²) in [4.78, 5) is 27.3. The van der Waals surface area contributed by atoms with Crippen molar-refractivity contribution in [2.45, 2.75) is 6.92 Å². The molecule has 0 aliphatic rings. The van der Waals surface area contributed by atoms with E-state index >= 15 is 0 Å². The Morgan fingerprint density at radius 1 is 1.63 bits per heavy atom. The number of methoxy groups -OCH3 is 1. The first kappa shape index (κ1) is 15.4. The molecule has 0 fully saturated rings. The van der Waals surface area contributed by atoms with Crippen molar-refractivity contribution < 1.29 is 14.5 Å². The van der Waals surface area contributed by atoms with Crippen molar-refractivity contribution in [1.82, 2.24) is 4.98 Å². The molecule has 1 rings (SSSR count). The summed E-state index contributed by atoms with van der Waals surface area (Å²) >= 11 is 3.24. The van der Waals surface area contributed by atoms with Crippen LogP contribution in [0.25, 0.3) is 0 Å². The van der Waals surface area contributed by atoms with E-state index in [9.17, 15) is 14.9 Å². The number of hydrogen-bond donors (Lipinski definition) is 0. The Morgan fingerprint density at radius 2 is 2.26 bits per heavy atom. The number of rotatable bonds is 5. The SMILES string of the molecule is COC(=O)C(C)CN(C)c1c(Br)cncc1[N+](=O)[O-]. The van der Waals surface area contributed by atoms with Gasteiger partial charge in [-0.15, -0.1) is 0 Å². The molecule has 1 aromatic rings. The van der Waals surface area contributed by atoms with Crippen molar-refractivity contribution in [3.8, 4) is 0 Å². The molecule has 8 heteroatoms. The highest BCUT2D eigenvalue weighted by Crippen LogP contribution is 2.34. The fourth-order valence-electron chi connectivity index (χ4n) is 1.71. The van der Waals surface area contributed by atoms with E-state index in [0.717, 1.165) is 0 Å². The maximum Gasteiger partial charge on any atom is 0.311 e. The predicted octanol–water partition coefficient (Wildman–Crippen LogP) is 2.00. The molecule has 0 bridgehead atoms. The highest BCUT2D eigenvalue weighted by molar-refractivity contribution is 9.10. The largest absolute Gasteiger partial charge is 0.469 e. The summed E-state index contributed by atoms with van der Waals surface area (Å²) in [6.45, 7) is 2.00. The van der Waals surface area contributed by atoms with Gasteiger partial charge >= 0.3 is 11.7 Å². The highest BCUT2D eigenvalue weighted by atomic mass is 79.9. The third kappa shape index (κ3) is 3.63. The number of aromatic nitrogens is 1. The first-order valence-electron chi connectivity index (χ1n) is 5.45. The van der Waals surface area contributed by atoms with Crippen LogP contribution in [0.1, 0.15) is 6.92 Å². The molecule has 0 aromatic carbocycles. The van der Waals surface area contributed by atoms with E-state index in [4.69, 9.17) is 0 Å².